The molecule has 16 heavy (non-hydrogen) atoms. The fourth-order valence-electron chi connectivity index (χ4n) is 0.548. The number of carbonyl (C=O) groups excluding carboxylic acids is 1. The molecule has 0 aromatic rings. The lowest BCUT2D eigenvalue weighted by molar-refractivity contribution is -0.140. The predicted octanol–water partition coefficient (Wildman–Crippen LogP) is -3.28. The van der Waals surface area contributed by atoms with E-state index >= 15 is 0 Å². The summed E-state index contributed by atoms with van der Waals surface area (Å²) in [4.78, 5) is 32.0. The molecule has 0 radical (unpaired) electrons. The first-order valence-electron chi connectivity index (χ1n) is 3.96. The van der Waals surface area contributed by atoms with Crippen molar-refractivity contribution in [3.8, 4) is 0 Å². The maximum Gasteiger partial charge on any atom is 0.466 e. The summed E-state index contributed by atoms with van der Waals surface area (Å²) in [6.07, 6.45) is -4.44. The van der Waals surface area contributed by atoms with Crippen LogP contribution in [0.25, 0.3) is 0 Å². The number of hydrogen-bond acceptors (Lipinski definition) is 6. The lowest BCUT2D eigenvalue weighted by atomic mass is 10.1. The molecule has 0 aromatic carbocycles. The van der Waals surface area contributed by atoms with E-state index in [4.69, 9.17) is 39.7 Å². The van der Waals surface area contributed by atoms with E-state index in [0.717, 1.165) is 0 Å². The van der Waals surface area contributed by atoms with Gasteiger partial charge in [-0.05, 0) is 6.92 Å². The molecule has 0 rings (SSSR count). The topological polar surface area (TPSA) is 176 Å². The second kappa shape index (κ2) is 7.82. The van der Waals surface area contributed by atoms with Crippen LogP contribution < -0.4 is 0 Å². The summed E-state index contributed by atoms with van der Waals surface area (Å²) in [7, 11) is -4.64. The molecule has 0 amide bonds. The van der Waals surface area contributed by atoms with Crippen molar-refractivity contribution in [1.29, 1.82) is 0 Å². The highest BCUT2D eigenvalue weighted by Gasteiger charge is 2.26. The second-order valence-corrected chi connectivity index (χ2v) is 3.84. The number of rotatable bonds is 4. The van der Waals surface area contributed by atoms with Crippen LogP contribution in [0.2, 0.25) is 0 Å². The third-order valence-corrected chi connectivity index (χ3v) is 1.30. The van der Waals surface area contributed by atoms with Gasteiger partial charge in [-0.3, -0.25) is 4.79 Å². The lowest BCUT2D eigenvalue weighted by Crippen LogP contribution is -2.42. The van der Waals surface area contributed by atoms with Gasteiger partial charge in [0.2, 0.25) is 0 Å². The van der Waals surface area contributed by atoms with Crippen molar-refractivity contribution in [3.63, 3.8) is 0 Å². The van der Waals surface area contributed by atoms with Crippen molar-refractivity contribution in [2.45, 2.75) is 25.2 Å². The van der Waals surface area contributed by atoms with Gasteiger partial charge >= 0.3 is 7.82 Å². The average molecular weight is 262 g/mol. The Morgan fingerprint density at radius 2 is 1.50 bits per heavy atom. The fraction of sp³-hybridized carbons (Fsp3) is 0.833. The van der Waals surface area contributed by atoms with Gasteiger partial charge in [0.05, 0.1) is 6.10 Å². The molecule has 0 aliphatic carbocycles. The predicted molar refractivity (Wildman–Crippen MR) is 50.1 cm³/mol. The molecule has 0 aliphatic rings. The highest BCUT2D eigenvalue weighted by molar-refractivity contribution is 7.45. The van der Waals surface area contributed by atoms with Crippen LogP contribution in [0.4, 0.5) is 0 Å². The number of Topliss-reactive ketones (excluding diaryl/α,β-unsaturated/α-hetero) is 1. The second-order valence-electron chi connectivity index (χ2n) is 2.81. The Balaban J connectivity index is 0. The van der Waals surface area contributed by atoms with Crippen LogP contribution >= 0.6 is 7.82 Å². The molecular formula is C6H15O9P. The number of aliphatic hydroxyl groups is 4. The Hall–Kier alpha value is -0.380. The molecule has 0 spiro atoms. The molecule has 0 bridgehead atoms. The fourth-order valence-corrected chi connectivity index (χ4v) is 0.548. The molecule has 0 aromatic heterocycles. The molecule has 7 N–H and O–H groups in total. The van der Waals surface area contributed by atoms with Crippen LogP contribution in [-0.4, -0.2) is 65.8 Å². The van der Waals surface area contributed by atoms with Crippen molar-refractivity contribution in [2.24, 2.45) is 0 Å². The number of ketones is 1. The van der Waals surface area contributed by atoms with Crippen LogP contribution in [-0.2, 0) is 9.36 Å². The van der Waals surface area contributed by atoms with Gasteiger partial charge in [-0.1, -0.05) is 0 Å². The quantitative estimate of drug-likeness (QED) is 0.256. The molecule has 10 heteroatoms. The lowest BCUT2D eigenvalue weighted by Gasteiger charge is -2.17. The van der Waals surface area contributed by atoms with Crippen molar-refractivity contribution in [3.05, 3.63) is 0 Å². The number of aliphatic hydroxyl groups excluding tert-OH is 4. The molecule has 3 atom stereocenters. The molecule has 0 saturated carbocycles. The van der Waals surface area contributed by atoms with Crippen LogP contribution in [0, 0.1) is 0 Å². The summed E-state index contributed by atoms with van der Waals surface area (Å²) in [5.41, 5.74) is 0. The van der Waals surface area contributed by atoms with E-state index in [1.165, 1.54) is 6.92 Å². The van der Waals surface area contributed by atoms with Gasteiger partial charge in [-0.25, -0.2) is 4.57 Å². The van der Waals surface area contributed by atoms with Crippen molar-refractivity contribution in [1.82, 2.24) is 0 Å². The van der Waals surface area contributed by atoms with E-state index in [9.17, 15) is 4.79 Å². The minimum atomic E-state index is -4.64. The summed E-state index contributed by atoms with van der Waals surface area (Å²) in [5.74, 6) is -0.904. The minimum absolute atomic E-state index is 0.842. The normalized spacial score (nSPS) is 16.8. The summed E-state index contributed by atoms with van der Waals surface area (Å²) in [6.45, 7) is 0.392. The highest BCUT2D eigenvalue weighted by atomic mass is 31.2. The first-order chi connectivity index (χ1) is 7.00. The van der Waals surface area contributed by atoms with Gasteiger partial charge in [0.25, 0.3) is 0 Å². The van der Waals surface area contributed by atoms with E-state index in [1.807, 2.05) is 0 Å². The Labute approximate surface area is 90.8 Å². The van der Waals surface area contributed by atoms with E-state index in [2.05, 4.69) is 0 Å². The molecule has 0 unspecified atom stereocenters. The SMILES string of the molecule is C[C@H](O)[C@@H](O)[C@@H](O)C(=O)CO.O=P(O)(O)O. The molecule has 0 fully saturated rings. The van der Waals surface area contributed by atoms with Crippen LogP contribution in [0.1, 0.15) is 6.92 Å². The van der Waals surface area contributed by atoms with E-state index in [1.54, 1.807) is 0 Å². The van der Waals surface area contributed by atoms with Gasteiger partial charge < -0.3 is 35.1 Å². The largest absolute Gasteiger partial charge is 0.466 e. The summed E-state index contributed by atoms with van der Waals surface area (Å²) >= 11 is 0. The first kappa shape index (κ1) is 18.0. The number of hydrogen-bond donors (Lipinski definition) is 7. The van der Waals surface area contributed by atoms with Gasteiger partial charge in [0, 0.05) is 0 Å². The van der Waals surface area contributed by atoms with Gasteiger partial charge in [0.15, 0.2) is 5.78 Å². The highest BCUT2D eigenvalue weighted by Crippen LogP contribution is 2.25. The summed E-state index contributed by atoms with van der Waals surface area (Å²) in [5, 5.41) is 34.6. The van der Waals surface area contributed by atoms with Gasteiger partial charge in [-0.15, -0.1) is 0 Å². The number of carbonyl (C=O) groups is 1. The molecule has 0 heterocycles. The molecule has 0 saturated heterocycles. The maximum absolute atomic E-state index is 10.5. The zero-order chi connectivity index (χ0) is 13.5. The standard InChI is InChI=1S/C6H12O5.H3O4P/c1-3(8)5(10)6(11)4(9)2-7;1-5(2,3)4/h3,5-8,10-11H,2H2,1H3;(H3,1,2,3,4)/t3-,5+,6-;/m0./s1. The third kappa shape index (κ3) is 11.7. The average Bonchev–Trinajstić information content (AvgIpc) is 2.11. The van der Waals surface area contributed by atoms with Crippen molar-refractivity contribution < 1.29 is 44.5 Å². The van der Waals surface area contributed by atoms with Crippen LogP contribution in [0.3, 0.4) is 0 Å². The van der Waals surface area contributed by atoms with Crippen molar-refractivity contribution in [2.75, 3.05) is 6.61 Å². The number of phosphoric acid groups is 1. The first-order valence-corrected chi connectivity index (χ1v) is 5.53. The zero-order valence-corrected chi connectivity index (χ0v) is 9.23. The monoisotopic (exact) mass is 262 g/mol. The minimum Gasteiger partial charge on any atom is -0.391 e. The smallest absolute Gasteiger partial charge is 0.391 e. The van der Waals surface area contributed by atoms with E-state index in [0.29, 0.717) is 0 Å². The van der Waals surface area contributed by atoms with Crippen LogP contribution in [0.15, 0.2) is 0 Å². The zero-order valence-electron chi connectivity index (χ0n) is 8.33. The van der Waals surface area contributed by atoms with E-state index < -0.39 is 38.5 Å². The van der Waals surface area contributed by atoms with Gasteiger partial charge in [0.1, 0.15) is 18.8 Å². The Bertz CT molecular complexity index is 238. The third-order valence-electron chi connectivity index (χ3n) is 1.30. The molecular weight excluding hydrogens is 247 g/mol. The van der Waals surface area contributed by atoms with Crippen LogP contribution in [0.5, 0.6) is 0 Å². The molecule has 9 nitrogen and oxygen atoms in total. The summed E-state index contributed by atoms with van der Waals surface area (Å²) in [6, 6.07) is 0. The Kier molecular flexibility index (Phi) is 8.80. The van der Waals surface area contributed by atoms with Crippen molar-refractivity contribution >= 4 is 13.6 Å². The maximum atomic E-state index is 10.5. The van der Waals surface area contributed by atoms with Gasteiger partial charge in [-0.2, -0.15) is 0 Å². The molecule has 0 aliphatic heterocycles. The molecule has 98 valence electrons. The summed E-state index contributed by atoms with van der Waals surface area (Å²) < 4.78 is 8.88. The Morgan fingerprint density at radius 3 is 1.69 bits per heavy atom. The Morgan fingerprint density at radius 1 is 1.19 bits per heavy atom. The van der Waals surface area contributed by atoms with E-state index in [-0.39, 0.29) is 0 Å².